The van der Waals surface area contributed by atoms with Crippen molar-refractivity contribution in [1.82, 2.24) is 10.9 Å². The van der Waals surface area contributed by atoms with Gasteiger partial charge < -0.3 is 14.6 Å². The van der Waals surface area contributed by atoms with E-state index in [9.17, 15) is 4.79 Å². The topological polar surface area (TPSA) is 92.2 Å². The highest BCUT2D eigenvalue weighted by Crippen LogP contribution is 2.43. The zero-order valence-corrected chi connectivity index (χ0v) is 26.6. The molecule has 6 rings (SSSR count). The Hall–Kier alpha value is -4.95. The number of amides is 1. The van der Waals surface area contributed by atoms with Crippen molar-refractivity contribution in [3.63, 3.8) is 0 Å². The average Bonchev–Trinajstić information content (AvgIpc) is 3.50. The van der Waals surface area contributed by atoms with Crippen LogP contribution in [0.15, 0.2) is 138 Å². The number of hydrogen-bond acceptors (Lipinski definition) is 6. The number of aliphatic imine (C=N–C) groups is 1. The number of carbonyl (C=O) groups is 1. The van der Waals surface area contributed by atoms with Crippen LogP contribution in [0.4, 0.5) is 0 Å². The number of carbonyl (C=O) groups excluding carboxylic acids is 1. The average molecular weight is 646 g/mol. The molecule has 238 valence electrons. The van der Waals surface area contributed by atoms with Gasteiger partial charge in [-0.15, -0.1) is 0 Å². The molecule has 0 fully saturated rings. The number of hydrogen-bond donors (Lipinski definition) is 3. The molecule has 1 amide bonds. The molecule has 1 aliphatic rings. The number of ether oxygens (including phenoxy) is 2. The maximum Gasteiger partial charge on any atom is 0.266 e. The molecule has 0 saturated heterocycles. The summed E-state index contributed by atoms with van der Waals surface area (Å²) >= 11 is 6.19. The number of hydrazine groups is 1. The fraction of sp³-hybridized carbons (Fsp3) is 0.179. The standard InChI is InChI=1S/C39H36ClN3O4/c40-34-14-7-11-29(25-34)27-41-43-38(45)39(26-28-9-3-1-4-10-28)36(32-17-15-31(16-18-32)30-12-5-2-6-13-30)47-37(42-39)33-19-21-35(22-20-33)46-24-8-23-44/h1-7,9-22,25,36,41,44H,8,23-24,26-27H2,(H,43,45)/t36-,39-/m0/s1. The SMILES string of the molecule is O=C(NNCc1cccc(Cl)c1)[C@@]1(Cc2ccccc2)N=C(c2ccc(OCCCO)cc2)O[C@H]1c1ccc(-c2ccccc2)cc1. The molecule has 3 N–H and O–H groups in total. The number of aliphatic hydroxyl groups is 1. The van der Waals surface area contributed by atoms with Crippen LogP contribution >= 0.6 is 11.6 Å². The molecule has 5 aromatic carbocycles. The summed E-state index contributed by atoms with van der Waals surface area (Å²) in [6, 6.07) is 43.0. The zero-order valence-electron chi connectivity index (χ0n) is 25.8. The van der Waals surface area contributed by atoms with Gasteiger partial charge in [0, 0.05) is 36.6 Å². The Morgan fingerprint density at radius 1 is 0.809 bits per heavy atom. The monoisotopic (exact) mass is 645 g/mol. The number of rotatable bonds is 13. The molecule has 0 unspecified atom stereocenters. The molecule has 8 heteroatoms. The molecule has 5 aromatic rings. The normalized spacial score (nSPS) is 17.1. The Morgan fingerprint density at radius 3 is 2.17 bits per heavy atom. The van der Waals surface area contributed by atoms with E-state index < -0.39 is 11.6 Å². The number of nitrogens with zero attached hydrogens (tertiary/aromatic N) is 1. The highest BCUT2D eigenvalue weighted by Gasteiger charge is 2.53. The summed E-state index contributed by atoms with van der Waals surface area (Å²) in [6.07, 6.45) is 0.122. The number of halogens is 1. The Balaban J connectivity index is 1.36. The van der Waals surface area contributed by atoms with Gasteiger partial charge in [0.2, 0.25) is 5.90 Å². The van der Waals surface area contributed by atoms with Crippen molar-refractivity contribution >= 4 is 23.4 Å². The van der Waals surface area contributed by atoms with Gasteiger partial charge in [-0.05, 0) is 64.2 Å². The fourth-order valence-electron chi connectivity index (χ4n) is 5.65. The van der Waals surface area contributed by atoms with Gasteiger partial charge in [0.15, 0.2) is 11.6 Å². The lowest BCUT2D eigenvalue weighted by Crippen LogP contribution is -2.53. The van der Waals surface area contributed by atoms with Gasteiger partial charge in [0.25, 0.3) is 5.91 Å². The molecule has 2 atom stereocenters. The summed E-state index contributed by atoms with van der Waals surface area (Å²) in [7, 11) is 0. The minimum Gasteiger partial charge on any atom is -0.494 e. The van der Waals surface area contributed by atoms with Crippen molar-refractivity contribution in [3.05, 3.63) is 161 Å². The summed E-state index contributed by atoms with van der Waals surface area (Å²) in [5.41, 5.74) is 10.3. The fourth-order valence-corrected chi connectivity index (χ4v) is 5.86. The maximum atomic E-state index is 14.5. The van der Waals surface area contributed by atoms with E-state index in [0.29, 0.717) is 42.7 Å². The van der Waals surface area contributed by atoms with E-state index in [0.717, 1.165) is 33.4 Å². The summed E-state index contributed by atoms with van der Waals surface area (Å²) in [5.74, 6) is 0.719. The molecule has 1 heterocycles. The first-order valence-corrected chi connectivity index (χ1v) is 16.0. The van der Waals surface area contributed by atoms with Crippen LogP contribution in [0.1, 0.15) is 34.8 Å². The van der Waals surface area contributed by atoms with Crippen molar-refractivity contribution in [2.75, 3.05) is 13.2 Å². The van der Waals surface area contributed by atoms with Gasteiger partial charge in [-0.3, -0.25) is 10.2 Å². The van der Waals surface area contributed by atoms with Gasteiger partial charge in [-0.25, -0.2) is 10.4 Å². The van der Waals surface area contributed by atoms with Crippen molar-refractivity contribution in [2.45, 2.75) is 31.0 Å². The molecular weight excluding hydrogens is 610 g/mol. The van der Waals surface area contributed by atoms with E-state index in [-0.39, 0.29) is 12.5 Å². The minimum atomic E-state index is -1.34. The Bertz CT molecular complexity index is 1800. The maximum absolute atomic E-state index is 14.5. The van der Waals surface area contributed by atoms with E-state index in [1.165, 1.54) is 0 Å². The summed E-state index contributed by atoms with van der Waals surface area (Å²) in [5, 5.41) is 9.72. The third-order valence-corrected chi connectivity index (χ3v) is 8.29. The molecular formula is C39H36ClN3O4. The van der Waals surface area contributed by atoms with Crippen LogP contribution < -0.4 is 15.6 Å². The van der Waals surface area contributed by atoms with Crippen LogP contribution in [0.25, 0.3) is 11.1 Å². The van der Waals surface area contributed by atoms with Gasteiger partial charge in [-0.1, -0.05) is 109 Å². The van der Waals surface area contributed by atoms with Gasteiger partial charge in [0.05, 0.1) is 6.61 Å². The van der Waals surface area contributed by atoms with Crippen LogP contribution in [0.3, 0.4) is 0 Å². The van der Waals surface area contributed by atoms with Crippen molar-refractivity contribution in [1.29, 1.82) is 0 Å². The van der Waals surface area contributed by atoms with Crippen LogP contribution in [0.2, 0.25) is 5.02 Å². The van der Waals surface area contributed by atoms with Crippen LogP contribution in [0, 0.1) is 0 Å². The highest BCUT2D eigenvalue weighted by molar-refractivity contribution is 6.30. The predicted molar refractivity (Wildman–Crippen MR) is 185 cm³/mol. The molecule has 0 saturated carbocycles. The van der Waals surface area contributed by atoms with Crippen LogP contribution in [-0.4, -0.2) is 35.7 Å². The molecule has 7 nitrogen and oxygen atoms in total. The number of nitrogens with one attached hydrogen (secondary N) is 2. The molecule has 47 heavy (non-hydrogen) atoms. The lowest BCUT2D eigenvalue weighted by Gasteiger charge is -2.31. The third-order valence-electron chi connectivity index (χ3n) is 8.05. The predicted octanol–water partition coefficient (Wildman–Crippen LogP) is 7.09. The summed E-state index contributed by atoms with van der Waals surface area (Å²) in [4.78, 5) is 19.6. The first-order chi connectivity index (χ1) is 23.0. The summed E-state index contributed by atoms with van der Waals surface area (Å²) in [6.45, 7) is 0.853. The van der Waals surface area contributed by atoms with E-state index in [1.807, 2.05) is 121 Å². The Labute approximate surface area is 279 Å². The second-order valence-electron chi connectivity index (χ2n) is 11.4. The smallest absolute Gasteiger partial charge is 0.266 e. The van der Waals surface area contributed by atoms with Crippen molar-refractivity contribution in [3.8, 4) is 16.9 Å². The number of benzene rings is 5. The minimum absolute atomic E-state index is 0.0654. The lowest BCUT2D eigenvalue weighted by molar-refractivity contribution is -0.130. The van der Waals surface area contributed by atoms with Gasteiger partial charge in [0.1, 0.15) is 5.75 Å². The van der Waals surface area contributed by atoms with E-state index in [4.69, 9.17) is 31.2 Å². The Morgan fingerprint density at radius 2 is 1.47 bits per heavy atom. The third kappa shape index (κ3) is 7.72. The van der Waals surface area contributed by atoms with E-state index in [2.05, 4.69) is 23.0 Å². The molecule has 0 aliphatic carbocycles. The zero-order chi connectivity index (χ0) is 32.5. The van der Waals surface area contributed by atoms with Crippen LogP contribution in [0.5, 0.6) is 5.75 Å². The van der Waals surface area contributed by atoms with E-state index in [1.54, 1.807) is 0 Å². The lowest BCUT2D eigenvalue weighted by atomic mass is 9.82. The highest BCUT2D eigenvalue weighted by atomic mass is 35.5. The first-order valence-electron chi connectivity index (χ1n) is 15.6. The number of aliphatic hydroxyl groups excluding tert-OH is 1. The second-order valence-corrected chi connectivity index (χ2v) is 11.8. The molecule has 1 aliphatic heterocycles. The van der Waals surface area contributed by atoms with E-state index >= 15 is 0 Å². The molecule has 0 spiro atoms. The Kier molecular flexibility index (Phi) is 10.3. The van der Waals surface area contributed by atoms with Gasteiger partial charge in [-0.2, -0.15) is 0 Å². The van der Waals surface area contributed by atoms with Gasteiger partial charge >= 0.3 is 0 Å². The van der Waals surface area contributed by atoms with Crippen molar-refractivity contribution in [2.24, 2.45) is 4.99 Å². The van der Waals surface area contributed by atoms with Crippen LogP contribution in [-0.2, 0) is 22.5 Å². The molecule has 0 radical (unpaired) electrons. The summed E-state index contributed by atoms with van der Waals surface area (Å²) < 4.78 is 12.4. The first kappa shape index (κ1) is 32.0. The quantitative estimate of drug-likeness (QED) is 0.0940. The largest absolute Gasteiger partial charge is 0.494 e. The molecule has 0 bridgehead atoms. The second kappa shape index (κ2) is 15.1. The molecule has 0 aromatic heterocycles. The van der Waals surface area contributed by atoms with Crippen molar-refractivity contribution < 1.29 is 19.4 Å².